The van der Waals surface area contributed by atoms with Crippen molar-refractivity contribution in [1.82, 2.24) is 5.32 Å². The van der Waals surface area contributed by atoms with E-state index in [1.54, 1.807) is 11.3 Å². The van der Waals surface area contributed by atoms with Gasteiger partial charge in [-0.25, -0.2) is 0 Å². The van der Waals surface area contributed by atoms with Gasteiger partial charge < -0.3 is 10.4 Å². The summed E-state index contributed by atoms with van der Waals surface area (Å²) in [6, 6.07) is 4.18. The quantitative estimate of drug-likeness (QED) is 0.773. The Hall–Kier alpha value is 0.1000. The van der Waals surface area contributed by atoms with E-state index in [9.17, 15) is 0 Å². The first-order chi connectivity index (χ1) is 6.33. The van der Waals surface area contributed by atoms with Crippen LogP contribution in [0.2, 0.25) is 0 Å². The van der Waals surface area contributed by atoms with Crippen molar-refractivity contribution >= 4 is 27.3 Å². The summed E-state index contributed by atoms with van der Waals surface area (Å²) in [6.07, 6.45) is 1.93. The zero-order chi connectivity index (χ0) is 9.52. The van der Waals surface area contributed by atoms with Crippen LogP contribution in [0.5, 0.6) is 0 Å². The minimum absolute atomic E-state index is 0.298. The van der Waals surface area contributed by atoms with Gasteiger partial charge in [-0.05, 0) is 47.4 Å². The van der Waals surface area contributed by atoms with Crippen molar-refractivity contribution in [2.24, 2.45) is 0 Å². The summed E-state index contributed by atoms with van der Waals surface area (Å²) in [5.41, 5.74) is 0. The zero-order valence-electron chi connectivity index (χ0n) is 7.42. The molecule has 0 fully saturated rings. The second kappa shape index (κ2) is 6.54. The van der Waals surface area contributed by atoms with E-state index >= 15 is 0 Å². The number of halogens is 1. The van der Waals surface area contributed by atoms with Gasteiger partial charge in [0.1, 0.15) is 0 Å². The van der Waals surface area contributed by atoms with Crippen molar-refractivity contribution in [3.05, 3.63) is 20.8 Å². The van der Waals surface area contributed by atoms with Crippen molar-refractivity contribution in [3.8, 4) is 0 Å². The van der Waals surface area contributed by atoms with Gasteiger partial charge in [0.25, 0.3) is 0 Å². The molecule has 1 rings (SSSR count). The zero-order valence-corrected chi connectivity index (χ0v) is 9.83. The molecule has 0 aliphatic carbocycles. The fourth-order valence-electron chi connectivity index (χ4n) is 1.02. The molecule has 0 saturated carbocycles. The molecule has 1 aromatic heterocycles. The number of aliphatic hydroxyl groups excluding tert-OH is 1. The third kappa shape index (κ3) is 4.76. The van der Waals surface area contributed by atoms with Gasteiger partial charge in [-0.2, -0.15) is 0 Å². The average Bonchev–Trinajstić information content (AvgIpc) is 2.51. The topological polar surface area (TPSA) is 32.3 Å². The van der Waals surface area contributed by atoms with Gasteiger partial charge >= 0.3 is 0 Å². The Morgan fingerprint density at radius 1 is 1.38 bits per heavy atom. The molecule has 0 aromatic carbocycles. The molecular weight excluding hydrogens is 250 g/mol. The number of unbranched alkanes of at least 4 members (excludes halogenated alkanes) is 1. The summed E-state index contributed by atoms with van der Waals surface area (Å²) in [7, 11) is 0. The van der Waals surface area contributed by atoms with Crippen LogP contribution in [0.4, 0.5) is 0 Å². The number of hydrogen-bond acceptors (Lipinski definition) is 3. The summed E-state index contributed by atoms with van der Waals surface area (Å²) in [4.78, 5) is 1.34. The van der Waals surface area contributed by atoms with Crippen LogP contribution in [0.25, 0.3) is 0 Å². The molecule has 1 heterocycles. The summed E-state index contributed by atoms with van der Waals surface area (Å²) in [6.45, 7) is 2.21. The smallest absolute Gasteiger partial charge is 0.0701 e. The van der Waals surface area contributed by atoms with Crippen LogP contribution in [0.1, 0.15) is 17.7 Å². The van der Waals surface area contributed by atoms with Crippen molar-refractivity contribution in [1.29, 1.82) is 0 Å². The second-order valence-electron chi connectivity index (χ2n) is 2.81. The van der Waals surface area contributed by atoms with E-state index in [0.717, 1.165) is 25.9 Å². The van der Waals surface area contributed by atoms with Crippen molar-refractivity contribution in [3.63, 3.8) is 0 Å². The van der Waals surface area contributed by atoms with E-state index in [1.807, 2.05) is 0 Å². The van der Waals surface area contributed by atoms with E-state index in [0.29, 0.717) is 6.61 Å². The highest BCUT2D eigenvalue weighted by atomic mass is 79.9. The summed E-state index contributed by atoms with van der Waals surface area (Å²) >= 11 is 5.18. The molecule has 0 radical (unpaired) electrons. The third-order valence-corrected chi connectivity index (χ3v) is 3.31. The average molecular weight is 264 g/mol. The van der Waals surface area contributed by atoms with E-state index in [2.05, 4.69) is 33.4 Å². The molecule has 0 atom stereocenters. The lowest BCUT2D eigenvalue weighted by atomic mass is 10.3. The normalized spacial score (nSPS) is 10.6. The van der Waals surface area contributed by atoms with Gasteiger partial charge in [-0.1, -0.05) is 0 Å². The van der Waals surface area contributed by atoms with Crippen LogP contribution >= 0.6 is 27.3 Å². The van der Waals surface area contributed by atoms with Gasteiger partial charge in [0.05, 0.1) is 3.79 Å². The van der Waals surface area contributed by atoms with Crippen LogP contribution in [-0.2, 0) is 6.54 Å². The molecule has 0 unspecified atom stereocenters. The lowest BCUT2D eigenvalue weighted by Crippen LogP contribution is -2.14. The van der Waals surface area contributed by atoms with Gasteiger partial charge in [-0.3, -0.25) is 0 Å². The van der Waals surface area contributed by atoms with Gasteiger partial charge in [0.15, 0.2) is 0 Å². The largest absolute Gasteiger partial charge is 0.396 e. The number of thiophene rings is 1. The Kier molecular flexibility index (Phi) is 5.62. The Bertz CT molecular complexity index is 239. The molecular formula is C9H14BrNOS. The Morgan fingerprint density at radius 2 is 2.23 bits per heavy atom. The number of rotatable bonds is 6. The van der Waals surface area contributed by atoms with Crippen LogP contribution in [0, 0.1) is 0 Å². The molecule has 2 N–H and O–H groups in total. The number of aliphatic hydroxyl groups is 1. The van der Waals surface area contributed by atoms with Gasteiger partial charge in [-0.15, -0.1) is 11.3 Å². The third-order valence-electron chi connectivity index (χ3n) is 1.69. The molecule has 1 aromatic rings. The van der Waals surface area contributed by atoms with Gasteiger partial charge in [0, 0.05) is 18.0 Å². The van der Waals surface area contributed by atoms with Crippen molar-refractivity contribution in [2.75, 3.05) is 13.2 Å². The molecule has 74 valence electrons. The summed E-state index contributed by atoms with van der Waals surface area (Å²) < 4.78 is 1.18. The molecule has 13 heavy (non-hydrogen) atoms. The maximum absolute atomic E-state index is 8.55. The Morgan fingerprint density at radius 3 is 2.85 bits per heavy atom. The summed E-state index contributed by atoms with van der Waals surface area (Å²) in [5, 5.41) is 11.9. The van der Waals surface area contributed by atoms with E-state index < -0.39 is 0 Å². The fraction of sp³-hybridized carbons (Fsp3) is 0.556. The minimum Gasteiger partial charge on any atom is -0.396 e. The minimum atomic E-state index is 0.298. The fourth-order valence-corrected chi connectivity index (χ4v) is 2.47. The molecule has 0 bridgehead atoms. The maximum atomic E-state index is 8.55. The van der Waals surface area contributed by atoms with Gasteiger partial charge in [0.2, 0.25) is 0 Å². The van der Waals surface area contributed by atoms with Crippen LogP contribution in [-0.4, -0.2) is 18.3 Å². The Balaban J connectivity index is 2.06. The first-order valence-electron chi connectivity index (χ1n) is 4.38. The van der Waals surface area contributed by atoms with Crippen LogP contribution in [0.3, 0.4) is 0 Å². The first-order valence-corrected chi connectivity index (χ1v) is 5.99. The molecule has 0 aliphatic rings. The number of nitrogens with one attached hydrogen (secondary N) is 1. The van der Waals surface area contributed by atoms with Crippen LogP contribution < -0.4 is 5.32 Å². The highest BCUT2D eigenvalue weighted by Gasteiger charge is 1.96. The molecule has 0 aliphatic heterocycles. The predicted octanol–water partition coefficient (Wildman–Crippen LogP) is 2.37. The van der Waals surface area contributed by atoms with Crippen molar-refractivity contribution < 1.29 is 5.11 Å². The Labute approximate surface area is 91.1 Å². The number of hydrogen-bond donors (Lipinski definition) is 2. The summed E-state index contributed by atoms with van der Waals surface area (Å²) in [5.74, 6) is 0. The van der Waals surface area contributed by atoms with Crippen molar-refractivity contribution in [2.45, 2.75) is 19.4 Å². The SMILES string of the molecule is OCCCCNCc1ccc(Br)s1. The monoisotopic (exact) mass is 263 g/mol. The lowest BCUT2D eigenvalue weighted by molar-refractivity contribution is 0.283. The highest BCUT2D eigenvalue weighted by Crippen LogP contribution is 2.21. The maximum Gasteiger partial charge on any atom is 0.0701 e. The second-order valence-corrected chi connectivity index (χ2v) is 5.36. The molecule has 4 heteroatoms. The molecule has 0 spiro atoms. The lowest BCUT2D eigenvalue weighted by Gasteiger charge is -2.00. The molecule has 0 amide bonds. The van der Waals surface area contributed by atoms with E-state index in [-0.39, 0.29) is 0 Å². The molecule has 0 saturated heterocycles. The standard InChI is InChI=1S/C9H14BrNOS/c10-9-4-3-8(13-9)7-11-5-1-2-6-12/h3-4,11-12H,1-2,5-7H2. The molecule has 2 nitrogen and oxygen atoms in total. The van der Waals surface area contributed by atoms with E-state index in [1.165, 1.54) is 8.66 Å². The van der Waals surface area contributed by atoms with Crippen LogP contribution in [0.15, 0.2) is 15.9 Å². The van der Waals surface area contributed by atoms with E-state index in [4.69, 9.17) is 5.11 Å². The first kappa shape index (κ1) is 11.2. The predicted molar refractivity (Wildman–Crippen MR) is 60.0 cm³/mol. The highest BCUT2D eigenvalue weighted by molar-refractivity contribution is 9.11.